The van der Waals surface area contributed by atoms with Gasteiger partial charge in [-0.05, 0) is 60.7 Å². The molecule has 4 nitrogen and oxygen atoms in total. The zero-order valence-corrected chi connectivity index (χ0v) is 13.4. The molecule has 2 N–H and O–H groups in total. The molecule has 0 aliphatic rings. The predicted molar refractivity (Wildman–Crippen MR) is 96.7 cm³/mol. The number of para-hydroxylation sites is 1. The zero-order valence-electron chi connectivity index (χ0n) is 13.4. The zero-order chi connectivity index (χ0) is 17.5. The number of hydrogen-bond donors (Lipinski definition) is 2. The van der Waals surface area contributed by atoms with Crippen molar-refractivity contribution in [1.82, 2.24) is 0 Å². The van der Waals surface area contributed by atoms with Crippen LogP contribution in [0.15, 0.2) is 78.9 Å². The Hall–Kier alpha value is -3.34. The summed E-state index contributed by atoms with van der Waals surface area (Å²) >= 11 is 0. The van der Waals surface area contributed by atoms with Crippen molar-refractivity contribution < 1.29 is 13.9 Å². The maximum Gasteiger partial charge on any atom is 0.262 e. The van der Waals surface area contributed by atoms with Crippen molar-refractivity contribution >= 4 is 23.0 Å². The number of rotatable bonds is 6. The summed E-state index contributed by atoms with van der Waals surface area (Å²) in [5.41, 5.74) is 2.30. The highest BCUT2D eigenvalue weighted by Gasteiger charge is 2.04. The van der Waals surface area contributed by atoms with Crippen LogP contribution < -0.4 is 15.4 Å². The van der Waals surface area contributed by atoms with Crippen molar-refractivity contribution in [3.63, 3.8) is 0 Å². The first-order valence-electron chi connectivity index (χ1n) is 7.79. The van der Waals surface area contributed by atoms with Crippen molar-refractivity contribution in [2.45, 2.75) is 0 Å². The Morgan fingerprint density at radius 1 is 0.800 bits per heavy atom. The van der Waals surface area contributed by atoms with Crippen LogP contribution in [0.3, 0.4) is 0 Å². The van der Waals surface area contributed by atoms with Crippen LogP contribution in [-0.2, 0) is 4.79 Å². The topological polar surface area (TPSA) is 50.4 Å². The van der Waals surface area contributed by atoms with Crippen molar-refractivity contribution in [2.24, 2.45) is 0 Å². The summed E-state index contributed by atoms with van der Waals surface area (Å²) in [7, 11) is 0. The van der Waals surface area contributed by atoms with E-state index in [2.05, 4.69) is 10.6 Å². The molecular weight excluding hydrogens is 319 g/mol. The Bertz CT molecular complexity index is 819. The van der Waals surface area contributed by atoms with E-state index in [0.717, 1.165) is 11.4 Å². The van der Waals surface area contributed by atoms with Crippen LogP contribution in [0.1, 0.15) is 0 Å². The van der Waals surface area contributed by atoms with Gasteiger partial charge in [-0.3, -0.25) is 4.79 Å². The van der Waals surface area contributed by atoms with E-state index in [1.165, 1.54) is 12.1 Å². The molecule has 5 heteroatoms. The maximum atomic E-state index is 12.9. The molecule has 0 spiro atoms. The van der Waals surface area contributed by atoms with E-state index in [9.17, 15) is 9.18 Å². The smallest absolute Gasteiger partial charge is 0.262 e. The molecular formula is C20H17FN2O2. The van der Waals surface area contributed by atoms with Crippen LogP contribution in [-0.4, -0.2) is 12.5 Å². The summed E-state index contributed by atoms with van der Waals surface area (Å²) in [5.74, 6) is 0.140. The summed E-state index contributed by atoms with van der Waals surface area (Å²) in [4.78, 5) is 11.9. The van der Waals surface area contributed by atoms with Gasteiger partial charge >= 0.3 is 0 Å². The molecule has 0 aliphatic heterocycles. The lowest BCUT2D eigenvalue weighted by Gasteiger charge is -2.09. The van der Waals surface area contributed by atoms with Crippen LogP contribution in [0.2, 0.25) is 0 Å². The molecule has 0 saturated carbocycles. The molecule has 126 valence electrons. The van der Waals surface area contributed by atoms with Crippen molar-refractivity contribution in [3.8, 4) is 5.75 Å². The van der Waals surface area contributed by atoms with E-state index in [1.807, 2.05) is 30.3 Å². The second-order valence-corrected chi connectivity index (χ2v) is 5.36. The second kappa shape index (κ2) is 7.97. The number of carbonyl (C=O) groups excluding carboxylic acids is 1. The summed E-state index contributed by atoms with van der Waals surface area (Å²) < 4.78 is 18.3. The molecule has 0 heterocycles. The molecule has 0 bridgehead atoms. The molecule has 3 aromatic carbocycles. The highest BCUT2D eigenvalue weighted by atomic mass is 19.1. The fourth-order valence-corrected chi connectivity index (χ4v) is 2.20. The first kappa shape index (κ1) is 16.5. The third kappa shape index (κ3) is 5.07. The first-order chi connectivity index (χ1) is 12.2. The summed E-state index contributed by atoms with van der Waals surface area (Å²) in [6.07, 6.45) is 0. The number of ether oxygens (including phenoxy) is 1. The summed E-state index contributed by atoms with van der Waals surface area (Å²) in [6, 6.07) is 22.5. The van der Waals surface area contributed by atoms with Crippen LogP contribution >= 0.6 is 0 Å². The minimum absolute atomic E-state index is 0.0560. The number of carbonyl (C=O) groups is 1. The van der Waals surface area contributed by atoms with Gasteiger partial charge in [-0.25, -0.2) is 4.39 Å². The lowest BCUT2D eigenvalue weighted by Crippen LogP contribution is -2.20. The monoisotopic (exact) mass is 336 g/mol. The Kier molecular flexibility index (Phi) is 5.26. The Balaban J connectivity index is 1.51. The maximum absolute atomic E-state index is 12.9. The lowest BCUT2D eigenvalue weighted by atomic mass is 10.2. The highest BCUT2D eigenvalue weighted by molar-refractivity contribution is 5.92. The molecule has 0 atom stereocenters. The van der Waals surface area contributed by atoms with E-state index in [1.54, 1.807) is 36.4 Å². The van der Waals surface area contributed by atoms with Crippen molar-refractivity contribution in [2.75, 3.05) is 17.2 Å². The molecule has 3 rings (SSSR count). The molecule has 3 aromatic rings. The van der Waals surface area contributed by atoms with E-state index < -0.39 is 0 Å². The average molecular weight is 336 g/mol. The van der Waals surface area contributed by atoms with Gasteiger partial charge in [-0.15, -0.1) is 0 Å². The van der Waals surface area contributed by atoms with Gasteiger partial charge < -0.3 is 15.4 Å². The molecule has 0 aromatic heterocycles. The first-order valence-corrected chi connectivity index (χ1v) is 7.79. The summed E-state index contributed by atoms with van der Waals surface area (Å²) in [6.45, 7) is -0.0560. The predicted octanol–water partition coefficient (Wildman–Crippen LogP) is 4.59. The molecule has 0 radical (unpaired) electrons. The van der Waals surface area contributed by atoms with E-state index >= 15 is 0 Å². The normalized spacial score (nSPS) is 10.1. The molecule has 0 saturated heterocycles. The fraction of sp³-hybridized carbons (Fsp3) is 0.0500. The van der Waals surface area contributed by atoms with Gasteiger partial charge in [-0.1, -0.05) is 18.2 Å². The Morgan fingerprint density at radius 2 is 1.36 bits per heavy atom. The van der Waals surface area contributed by atoms with Crippen LogP contribution in [0, 0.1) is 5.82 Å². The van der Waals surface area contributed by atoms with Gasteiger partial charge in [-0.2, -0.15) is 0 Å². The third-order valence-electron chi connectivity index (χ3n) is 3.41. The highest BCUT2D eigenvalue weighted by Crippen LogP contribution is 2.19. The number of hydrogen-bond acceptors (Lipinski definition) is 3. The number of benzene rings is 3. The molecule has 0 aliphatic carbocycles. The lowest BCUT2D eigenvalue weighted by molar-refractivity contribution is -0.118. The van der Waals surface area contributed by atoms with Gasteiger partial charge in [0.05, 0.1) is 0 Å². The quantitative estimate of drug-likeness (QED) is 0.692. The van der Waals surface area contributed by atoms with Crippen LogP contribution in [0.4, 0.5) is 21.5 Å². The van der Waals surface area contributed by atoms with Crippen molar-refractivity contribution in [3.05, 3.63) is 84.7 Å². The average Bonchev–Trinajstić information content (AvgIpc) is 2.64. The number of halogens is 1. The summed E-state index contributed by atoms with van der Waals surface area (Å²) in [5, 5.41) is 5.92. The third-order valence-corrected chi connectivity index (χ3v) is 3.41. The number of amides is 1. The Morgan fingerprint density at radius 3 is 2.00 bits per heavy atom. The van der Waals surface area contributed by atoms with Gasteiger partial charge in [0.2, 0.25) is 0 Å². The van der Waals surface area contributed by atoms with Gasteiger partial charge in [0.15, 0.2) is 6.61 Å². The molecule has 0 fully saturated rings. The standard InChI is InChI=1S/C20H17FN2O2/c21-15-6-8-16(9-7-15)22-17-10-12-18(13-11-17)23-20(24)14-25-19-4-2-1-3-5-19/h1-13,22H,14H2,(H,23,24). The minimum Gasteiger partial charge on any atom is -0.484 e. The van der Waals surface area contributed by atoms with Gasteiger partial charge in [0, 0.05) is 17.1 Å². The van der Waals surface area contributed by atoms with Crippen molar-refractivity contribution in [1.29, 1.82) is 0 Å². The second-order valence-electron chi connectivity index (χ2n) is 5.36. The van der Waals surface area contributed by atoms with E-state index in [4.69, 9.17) is 4.74 Å². The molecule has 25 heavy (non-hydrogen) atoms. The molecule has 1 amide bonds. The Labute approximate surface area is 145 Å². The SMILES string of the molecule is O=C(COc1ccccc1)Nc1ccc(Nc2ccc(F)cc2)cc1. The fourth-order valence-electron chi connectivity index (χ4n) is 2.20. The van der Waals surface area contributed by atoms with Crippen LogP contribution in [0.5, 0.6) is 5.75 Å². The van der Waals surface area contributed by atoms with E-state index in [0.29, 0.717) is 11.4 Å². The minimum atomic E-state index is -0.277. The van der Waals surface area contributed by atoms with Gasteiger partial charge in [0.1, 0.15) is 11.6 Å². The van der Waals surface area contributed by atoms with E-state index in [-0.39, 0.29) is 18.3 Å². The molecule has 0 unspecified atom stereocenters. The van der Waals surface area contributed by atoms with Crippen LogP contribution in [0.25, 0.3) is 0 Å². The largest absolute Gasteiger partial charge is 0.484 e. The number of nitrogens with one attached hydrogen (secondary N) is 2. The number of anilines is 3. The van der Waals surface area contributed by atoms with Gasteiger partial charge in [0.25, 0.3) is 5.91 Å².